The number of carbonyl (C=O) groups excluding carboxylic acids is 1. The topological polar surface area (TPSA) is 51.1 Å². The summed E-state index contributed by atoms with van der Waals surface area (Å²) in [6, 6.07) is 16.6. The average Bonchev–Trinajstić information content (AvgIpc) is 2.62. The zero-order chi connectivity index (χ0) is 18.7. The molecule has 0 radical (unpaired) electrons. The monoisotopic (exact) mass is 410 g/mol. The highest BCUT2D eigenvalue weighted by atomic mass is 79.9. The van der Waals surface area contributed by atoms with E-state index in [9.17, 15) is 9.59 Å². The van der Waals surface area contributed by atoms with Gasteiger partial charge in [-0.3, -0.25) is 9.59 Å². The van der Waals surface area contributed by atoms with Gasteiger partial charge in [0, 0.05) is 22.4 Å². The molecular formula is C21H19BrN2O2. The van der Waals surface area contributed by atoms with E-state index in [1.54, 1.807) is 16.8 Å². The van der Waals surface area contributed by atoms with Crippen molar-refractivity contribution in [2.45, 2.75) is 20.4 Å². The van der Waals surface area contributed by atoms with Crippen LogP contribution in [0.1, 0.15) is 27.0 Å². The number of amides is 1. The highest BCUT2D eigenvalue weighted by Crippen LogP contribution is 2.20. The molecule has 1 amide bonds. The van der Waals surface area contributed by atoms with Crippen LogP contribution in [0, 0.1) is 13.8 Å². The van der Waals surface area contributed by atoms with E-state index in [0.29, 0.717) is 17.8 Å². The lowest BCUT2D eigenvalue weighted by molar-refractivity contribution is 0.102. The Bertz CT molecular complexity index is 1010. The first-order valence-corrected chi connectivity index (χ1v) is 9.05. The molecule has 0 aliphatic heterocycles. The van der Waals surface area contributed by atoms with Gasteiger partial charge in [0.2, 0.25) is 0 Å². The summed E-state index contributed by atoms with van der Waals surface area (Å²) in [7, 11) is 0. The number of nitrogens with zero attached hydrogens (tertiary/aromatic N) is 1. The van der Waals surface area contributed by atoms with Crippen LogP contribution in [0.5, 0.6) is 0 Å². The smallest absolute Gasteiger partial charge is 0.257 e. The Morgan fingerprint density at radius 2 is 1.77 bits per heavy atom. The Morgan fingerprint density at radius 3 is 2.46 bits per heavy atom. The summed E-state index contributed by atoms with van der Waals surface area (Å²) in [5, 5.41) is 2.87. The Balaban J connectivity index is 1.81. The van der Waals surface area contributed by atoms with E-state index in [1.165, 1.54) is 11.6 Å². The maximum Gasteiger partial charge on any atom is 0.257 e. The number of hydrogen-bond acceptors (Lipinski definition) is 2. The molecule has 5 heteroatoms. The zero-order valence-corrected chi connectivity index (χ0v) is 16.2. The van der Waals surface area contributed by atoms with Gasteiger partial charge in [-0.1, -0.05) is 45.8 Å². The van der Waals surface area contributed by atoms with Crippen LogP contribution in [-0.4, -0.2) is 10.5 Å². The van der Waals surface area contributed by atoms with Crippen molar-refractivity contribution in [1.29, 1.82) is 0 Å². The third kappa shape index (κ3) is 4.29. The van der Waals surface area contributed by atoms with E-state index in [2.05, 4.69) is 21.2 Å². The minimum Gasteiger partial charge on any atom is -0.322 e. The largest absolute Gasteiger partial charge is 0.322 e. The normalized spacial score (nSPS) is 10.6. The SMILES string of the molecule is Cc1ccc(Cn2cc(C(=O)Nc3ccc(Br)c(C)c3)ccc2=O)cc1. The van der Waals surface area contributed by atoms with Gasteiger partial charge < -0.3 is 9.88 Å². The number of pyridine rings is 1. The second-order valence-electron chi connectivity index (χ2n) is 6.29. The van der Waals surface area contributed by atoms with Crippen molar-refractivity contribution in [2.24, 2.45) is 0 Å². The van der Waals surface area contributed by atoms with Crippen LogP contribution in [0.15, 0.2) is 70.1 Å². The molecule has 132 valence electrons. The van der Waals surface area contributed by atoms with Crippen molar-refractivity contribution in [1.82, 2.24) is 4.57 Å². The highest BCUT2D eigenvalue weighted by Gasteiger charge is 2.09. The number of nitrogens with one attached hydrogen (secondary N) is 1. The van der Waals surface area contributed by atoms with Gasteiger partial charge in [0.05, 0.1) is 12.1 Å². The second kappa shape index (κ2) is 7.70. The second-order valence-corrected chi connectivity index (χ2v) is 7.14. The van der Waals surface area contributed by atoms with Crippen LogP contribution in [0.4, 0.5) is 5.69 Å². The molecule has 0 saturated carbocycles. The maximum atomic E-state index is 12.5. The first-order valence-electron chi connectivity index (χ1n) is 8.26. The fraction of sp³-hybridized carbons (Fsp3) is 0.143. The molecule has 0 saturated heterocycles. The van der Waals surface area contributed by atoms with Crippen LogP contribution < -0.4 is 10.9 Å². The number of carbonyl (C=O) groups is 1. The molecule has 0 atom stereocenters. The van der Waals surface area contributed by atoms with E-state index < -0.39 is 0 Å². The van der Waals surface area contributed by atoms with Gasteiger partial charge in [0.15, 0.2) is 0 Å². The van der Waals surface area contributed by atoms with Crippen molar-refractivity contribution in [2.75, 3.05) is 5.32 Å². The van der Waals surface area contributed by atoms with Crippen molar-refractivity contribution in [3.05, 3.63) is 97.9 Å². The molecule has 26 heavy (non-hydrogen) atoms. The van der Waals surface area contributed by atoms with E-state index in [-0.39, 0.29) is 11.5 Å². The van der Waals surface area contributed by atoms with E-state index in [1.807, 2.05) is 56.3 Å². The van der Waals surface area contributed by atoms with Gasteiger partial charge in [0.1, 0.15) is 0 Å². The van der Waals surface area contributed by atoms with Crippen molar-refractivity contribution >= 4 is 27.5 Å². The van der Waals surface area contributed by atoms with Crippen LogP contribution in [-0.2, 0) is 6.54 Å². The molecule has 0 aliphatic rings. The molecule has 3 rings (SSSR count). The Kier molecular flexibility index (Phi) is 5.38. The highest BCUT2D eigenvalue weighted by molar-refractivity contribution is 9.10. The van der Waals surface area contributed by atoms with Crippen LogP contribution >= 0.6 is 15.9 Å². The number of benzene rings is 2. The van der Waals surface area contributed by atoms with Crippen molar-refractivity contribution in [3.63, 3.8) is 0 Å². The van der Waals surface area contributed by atoms with Crippen LogP contribution in [0.2, 0.25) is 0 Å². The molecule has 1 heterocycles. The molecule has 0 spiro atoms. The minimum atomic E-state index is -0.246. The number of halogens is 1. The van der Waals surface area contributed by atoms with E-state index >= 15 is 0 Å². The van der Waals surface area contributed by atoms with Gasteiger partial charge in [0.25, 0.3) is 11.5 Å². The number of hydrogen-bond donors (Lipinski definition) is 1. The number of anilines is 1. The first-order chi connectivity index (χ1) is 12.4. The van der Waals surface area contributed by atoms with Gasteiger partial charge in [-0.05, 0) is 49.2 Å². The lowest BCUT2D eigenvalue weighted by Crippen LogP contribution is -2.22. The quantitative estimate of drug-likeness (QED) is 0.686. The first kappa shape index (κ1) is 18.1. The summed E-state index contributed by atoms with van der Waals surface area (Å²) in [5.41, 5.74) is 4.23. The molecule has 0 aliphatic carbocycles. The summed E-state index contributed by atoms with van der Waals surface area (Å²) in [6.45, 7) is 4.41. The van der Waals surface area contributed by atoms with Gasteiger partial charge in [-0.25, -0.2) is 0 Å². The minimum absolute atomic E-state index is 0.137. The summed E-state index contributed by atoms with van der Waals surface area (Å²) < 4.78 is 2.54. The van der Waals surface area contributed by atoms with Gasteiger partial charge >= 0.3 is 0 Å². The molecule has 3 aromatic rings. The molecule has 1 aromatic heterocycles. The number of aryl methyl sites for hydroxylation is 2. The lowest BCUT2D eigenvalue weighted by Gasteiger charge is -2.10. The lowest BCUT2D eigenvalue weighted by atomic mass is 10.1. The van der Waals surface area contributed by atoms with E-state index in [0.717, 1.165) is 15.6 Å². The zero-order valence-electron chi connectivity index (χ0n) is 14.6. The third-order valence-corrected chi connectivity index (χ3v) is 5.02. The van der Waals surface area contributed by atoms with Gasteiger partial charge in [-0.2, -0.15) is 0 Å². The van der Waals surface area contributed by atoms with E-state index in [4.69, 9.17) is 0 Å². The summed E-state index contributed by atoms with van der Waals surface area (Å²) in [6.07, 6.45) is 1.60. The molecule has 2 aromatic carbocycles. The molecule has 1 N–H and O–H groups in total. The standard InChI is InChI=1S/C21H19BrN2O2/c1-14-3-5-16(6-4-14)12-24-13-17(7-10-20(24)25)21(26)23-18-8-9-19(22)15(2)11-18/h3-11,13H,12H2,1-2H3,(H,23,26). The Hall–Kier alpha value is -2.66. The predicted octanol–water partition coefficient (Wildman–Crippen LogP) is 4.53. The fourth-order valence-corrected chi connectivity index (χ4v) is 2.85. The molecule has 4 nitrogen and oxygen atoms in total. The van der Waals surface area contributed by atoms with Crippen LogP contribution in [0.3, 0.4) is 0 Å². The van der Waals surface area contributed by atoms with Crippen LogP contribution in [0.25, 0.3) is 0 Å². The summed E-state index contributed by atoms with van der Waals surface area (Å²) >= 11 is 3.44. The van der Waals surface area contributed by atoms with Gasteiger partial charge in [-0.15, -0.1) is 0 Å². The Labute approximate surface area is 160 Å². The van der Waals surface area contributed by atoms with Crippen molar-refractivity contribution < 1.29 is 4.79 Å². The maximum absolute atomic E-state index is 12.5. The molecule has 0 fully saturated rings. The Morgan fingerprint density at radius 1 is 1.04 bits per heavy atom. The number of aromatic nitrogens is 1. The molecular weight excluding hydrogens is 392 g/mol. The molecule has 0 unspecified atom stereocenters. The van der Waals surface area contributed by atoms with Crippen molar-refractivity contribution in [3.8, 4) is 0 Å². The summed E-state index contributed by atoms with van der Waals surface area (Å²) in [4.78, 5) is 24.7. The third-order valence-electron chi connectivity index (χ3n) is 4.13. The number of rotatable bonds is 4. The average molecular weight is 411 g/mol. The predicted molar refractivity (Wildman–Crippen MR) is 108 cm³/mol. The summed E-state index contributed by atoms with van der Waals surface area (Å²) in [5.74, 6) is -0.246. The fourth-order valence-electron chi connectivity index (χ4n) is 2.61. The molecule has 0 bridgehead atoms.